The number of halogens is 1. The van der Waals surface area contributed by atoms with Gasteiger partial charge in [-0.25, -0.2) is 8.42 Å². The first kappa shape index (κ1) is 12.5. The van der Waals surface area contributed by atoms with E-state index in [1.807, 2.05) is 39.0 Å². The Morgan fingerprint density at radius 2 is 1.73 bits per heavy atom. The summed E-state index contributed by atoms with van der Waals surface area (Å²) in [5.74, 6) is -0.109. The lowest BCUT2D eigenvalue weighted by molar-refractivity contribution is 0.582. The molecule has 15 heavy (non-hydrogen) atoms. The van der Waals surface area contributed by atoms with Crippen LogP contribution in [0.1, 0.15) is 31.9 Å². The fourth-order valence-electron chi connectivity index (χ4n) is 1.56. The molecule has 0 bridgehead atoms. The average Bonchev–Trinajstić information content (AvgIpc) is 1.99. The molecule has 0 atom stereocenters. The molecule has 0 unspecified atom stereocenters. The third kappa shape index (κ3) is 3.84. The van der Waals surface area contributed by atoms with Gasteiger partial charge in [0, 0.05) is 10.7 Å². The molecule has 84 valence electrons. The minimum absolute atomic E-state index is 0.0713. The van der Waals surface area contributed by atoms with Crippen molar-refractivity contribution in [2.24, 2.45) is 0 Å². The Balaban J connectivity index is 3.19. The Hall–Kier alpha value is -0.540. The van der Waals surface area contributed by atoms with Gasteiger partial charge in [-0.05, 0) is 16.5 Å². The van der Waals surface area contributed by atoms with Gasteiger partial charge >= 0.3 is 0 Å². The van der Waals surface area contributed by atoms with Crippen LogP contribution >= 0.6 is 10.7 Å². The fourth-order valence-corrected chi connectivity index (χ4v) is 2.54. The molecule has 0 N–H and O–H groups in total. The number of rotatable bonds is 2. The minimum Gasteiger partial charge on any atom is -0.212 e. The Morgan fingerprint density at radius 1 is 1.20 bits per heavy atom. The first-order chi connectivity index (χ1) is 6.70. The van der Waals surface area contributed by atoms with Crippen LogP contribution in [0.15, 0.2) is 24.3 Å². The molecular weight excluding hydrogens is 232 g/mol. The zero-order valence-corrected chi connectivity index (χ0v) is 10.7. The Kier molecular flexibility index (Phi) is 3.46. The highest BCUT2D eigenvalue weighted by Gasteiger charge is 2.19. The first-order valence-corrected chi connectivity index (χ1v) is 7.19. The minimum atomic E-state index is -3.49. The van der Waals surface area contributed by atoms with E-state index in [1.165, 1.54) is 0 Å². The lowest BCUT2D eigenvalue weighted by atomic mass is 9.84. The normalized spacial score (nSPS) is 12.8. The molecule has 0 aliphatic rings. The Bertz CT molecular complexity index is 444. The number of hydrogen-bond donors (Lipinski definition) is 0. The molecule has 0 radical (unpaired) electrons. The molecule has 4 heteroatoms. The molecule has 0 heterocycles. The summed E-state index contributed by atoms with van der Waals surface area (Å²) in [5, 5.41) is 0. The molecule has 0 amide bonds. The molecule has 0 aliphatic heterocycles. The van der Waals surface area contributed by atoms with E-state index in [1.54, 1.807) is 6.07 Å². The zero-order valence-electron chi connectivity index (χ0n) is 9.12. The van der Waals surface area contributed by atoms with Crippen LogP contribution in [0.2, 0.25) is 0 Å². The van der Waals surface area contributed by atoms with Gasteiger partial charge < -0.3 is 0 Å². The van der Waals surface area contributed by atoms with E-state index in [0.717, 1.165) is 11.1 Å². The molecule has 1 aromatic carbocycles. The average molecular weight is 247 g/mol. The summed E-state index contributed by atoms with van der Waals surface area (Å²) in [6.45, 7) is 6.14. The van der Waals surface area contributed by atoms with Gasteiger partial charge in [0.15, 0.2) is 0 Å². The van der Waals surface area contributed by atoms with Crippen LogP contribution in [-0.4, -0.2) is 8.42 Å². The van der Waals surface area contributed by atoms with Gasteiger partial charge in [-0.15, -0.1) is 0 Å². The summed E-state index contributed by atoms with van der Waals surface area (Å²) < 4.78 is 22.1. The Labute approximate surface area is 95.7 Å². The predicted octanol–water partition coefficient (Wildman–Crippen LogP) is 3.05. The van der Waals surface area contributed by atoms with Crippen LogP contribution in [-0.2, 0) is 20.2 Å². The van der Waals surface area contributed by atoms with Gasteiger partial charge in [0.05, 0.1) is 5.75 Å². The number of hydrogen-bond acceptors (Lipinski definition) is 2. The SMILES string of the molecule is CC(C)(C)c1ccccc1CS(=O)(=O)Cl. The van der Waals surface area contributed by atoms with Crippen LogP contribution < -0.4 is 0 Å². The van der Waals surface area contributed by atoms with Gasteiger partial charge in [0.25, 0.3) is 0 Å². The highest BCUT2D eigenvalue weighted by atomic mass is 35.7. The maximum atomic E-state index is 11.0. The molecular formula is C11H15ClO2S. The van der Waals surface area contributed by atoms with Crippen LogP contribution in [0.25, 0.3) is 0 Å². The molecule has 0 saturated carbocycles. The van der Waals surface area contributed by atoms with E-state index >= 15 is 0 Å². The third-order valence-corrected chi connectivity index (χ3v) is 3.14. The van der Waals surface area contributed by atoms with Gasteiger partial charge in [-0.2, -0.15) is 0 Å². The van der Waals surface area contributed by atoms with Crippen molar-refractivity contribution in [3.05, 3.63) is 35.4 Å². The highest BCUT2D eigenvalue weighted by molar-refractivity contribution is 8.13. The topological polar surface area (TPSA) is 34.1 Å². The highest BCUT2D eigenvalue weighted by Crippen LogP contribution is 2.27. The van der Waals surface area contributed by atoms with Crippen molar-refractivity contribution in [3.8, 4) is 0 Å². The summed E-state index contributed by atoms with van der Waals surface area (Å²) in [5.41, 5.74) is 1.73. The first-order valence-electron chi connectivity index (χ1n) is 4.71. The second-order valence-corrected chi connectivity index (χ2v) is 7.37. The number of benzene rings is 1. The van der Waals surface area contributed by atoms with Gasteiger partial charge in [0.2, 0.25) is 9.05 Å². The smallest absolute Gasteiger partial charge is 0.212 e. The van der Waals surface area contributed by atoms with E-state index in [9.17, 15) is 8.42 Å². The lowest BCUT2D eigenvalue weighted by Crippen LogP contribution is -2.15. The van der Waals surface area contributed by atoms with E-state index in [2.05, 4.69) is 0 Å². The van der Waals surface area contributed by atoms with Gasteiger partial charge in [-0.3, -0.25) is 0 Å². The maximum Gasteiger partial charge on any atom is 0.236 e. The van der Waals surface area contributed by atoms with Crippen molar-refractivity contribution in [3.63, 3.8) is 0 Å². The van der Waals surface area contributed by atoms with E-state index < -0.39 is 9.05 Å². The van der Waals surface area contributed by atoms with Crippen molar-refractivity contribution in [2.45, 2.75) is 31.9 Å². The van der Waals surface area contributed by atoms with E-state index in [-0.39, 0.29) is 11.2 Å². The maximum absolute atomic E-state index is 11.0. The summed E-state index contributed by atoms with van der Waals surface area (Å²) in [7, 11) is 1.77. The second-order valence-electron chi connectivity index (χ2n) is 4.59. The fraction of sp³-hybridized carbons (Fsp3) is 0.455. The molecule has 0 fully saturated rings. The van der Waals surface area contributed by atoms with Crippen LogP contribution in [0.3, 0.4) is 0 Å². The summed E-state index contributed by atoms with van der Waals surface area (Å²) >= 11 is 0. The summed E-state index contributed by atoms with van der Waals surface area (Å²) in [6.07, 6.45) is 0. The summed E-state index contributed by atoms with van der Waals surface area (Å²) in [4.78, 5) is 0. The molecule has 0 saturated heterocycles. The van der Waals surface area contributed by atoms with Crippen molar-refractivity contribution in [2.75, 3.05) is 0 Å². The van der Waals surface area contributed by atoms with Crippen molar-refractivity contribution < 1.29 is 8.42 Å². The largest absolute Gasteiger partial charge is 0.236 e. The molecule has 0 aromatic heterocycles. The molecule has 1 rings (SSSR count). The van der Waals surface area contributed by atoms with Crippen LogP contribution in [0.4, 0.5) is 0 Å². The van der Waals surface area contributed by atoms with Crippen molar-refractivity contribution >= 4 is 19.7 Å². The van der Waals surface area contributed by atoms with Crippen molar-refractivity contribution in [1.82, 2.24) is 0 Å². The lowest BCUT2D eigenvalue weighted by Gasteiger charge is -2.22. The van der Waals surface area contributed by atoms with Gasteiger partial charge in [0.1, 0.15) is 0 Å². The standard InChI is InChI=1S/C11H15ClO2S/c1-11(2,3)10-7-5-4-6-9(10)8-15(12,13)14/h4-7H,8H2,1-3H3. The molecule has 0 spiro atoms. The van der Waals surface area contributed by atoms with Crippen LogP contribution in [0.5, 0.6) is 0 Å². The quantitative estimate of drug-likeness (QED) is 0.752. The Morgan fingerprint density at radius 3 is 2.20 bits per heavy atom. The molecule has 2 nitrogen and oxygen atoms in total. The van der Waals surface area contributed by atoms with Crippen LogP contribution in [0, 0.1) is 0 Å². The summed E-state index contributed by atoms with van der Waals surface area (Å²) in [6, 6.07) is 7.48. The molecule has 1 aromatic rings. The predicted molar refractivity (Wildman–Crippen MR) is 63.6 cm³/mol. The van der Waals surface area contributed by atoms with E-state index in [4.69, 9.17) is 10.7 Å². The second kappa shape index (κ2) is 4.14. The monoisotopic (exact) mass is 246 g/mol. The third-order valence-electron chi connectivity index (χ3n) is 2.15. The molecule has 0 aliphatic carbocycles. The van der Waals surface area contributed by atoms with Gasteiger partial charge in [-0.1, -0.05) is 45.0 Å². The zero-order chi connectivity index (χ0) is 11.7. The van der Waals surface area contributed by atoms with E-state index in [0.29, 0.717) is 0 Å². The van der Waals surface area contributed by atoms with Crippen molar-refractivity contribution in [1.29, 1.82) is 0 Å².